The van der Waals surface area contributed by atoms with Gasteiger partial charge in [0.25, 0.3) is 0 Å². The van der Waals surface area contributed by atoms with E-state index >= 15 is 0 Å². The summed E-state index contributed by atoms with van der Waals surface area (Å²) in [6.45, 7) is 5.81. The summed E-state index contributed by atoms with van der Waals surface area (Å²) in [5, 5.41) is 27.9. The Morgan fingerprint density at radius 2 is 0.714 bits per heavy atom. The van der Waals surface area contributed by atoms with Crippen molar-refractivity contribution in [2.24, 2.45) is 0 Å². The van der Waals surface area contributed by atoms with Crippen molar-refractivity contribution in [3.63, 3.8) is 0 Å². The molecule has 2 N–H and O–H groups in total. The van der Waals surface area contributed by atoms with Crippen LogP contribution in [0.5, 0.6) is 0 Å². The van der Waals surface area contributed by atoms with Gasteiger partial charge >= 0.3 is 0 Å². The molecule has 0 spiro atoms. The first-order chi connectivity index (χ1) is 5.74. The van der Waals surface area contributed by atoms with Gasteiger partial charge in [0, 0.05) is 18.6 Å². The van der Waals surface area contributed by atoms with Crippen molar-refractivity contribution in [1.82, 2.24) is 0 Å². The number of rotatable bonds is 3. The summed E-state index contributed by atoms with van der Waals surface area (Å²) in [7, 11) is 0. The zero-order valence-electron chi connectivity index (χ0n) is 9.41. The average molecular weight is 246 g/mol. The third kappa shape index (κ3) is 138. The number of hydrogen-bond donors (Lipinski definition) is 0. The molecule has 0 aliphatic heterocycles. The maximum Gasteiger partial charge on any atom is 0 e. The van der Waals surface area contributed by atoms with E-state index in [2.05, 4.69) is 0 Å². The first-order valence-corrected chi connectivity index (χ1v) is 4.49. The Balaban J connectivity index is -0.0000000270. The van der Waals surface area contributed by atoms with Gasteiger partial charge in [0.1, 0.15) is 0 Å². The Labute approximate surface area is 99.5 Å². The standard InChI is InChI=1S/3C3H7O.H2O.V/c3*1-2-3-4;;/h3*2-3H2,1H3;1H2;/q3*-1;;. The minimum Gasteiger partial charge on any atom is -0.854 e. The van der Waals surface area contributed by atoms with E-state index in [1.54, 1.807) is 0 Å². The van der Waals surface area contributed by atoms with Gasteiger partial charge in [0.05, 0.1) is 0 Å². The van der Waals surface area contributed by atoms with Crippen LogP contribution in [0.2, 0.25) is 0 Å². The van der Waals surface area contributed by atoms with Crippen LogP contribution in [0.3, 0.4) is 0 Å². The molecule has 0 aromatic heterocycles. The second kappa shape index (κ2) is 50.2. The van der Waals surface area contributed by atoms with Crippen molar-refractivity contribution in [2.75, 3.05) is 19.8 Å². The van der Waals surface area contributed by atoms with Gasteiger partial charge < -0.3 is 20.8 Å². The molecule has 0 aromatic carbocycles. The van der Waals surface area contributed by atoms with Crippen LogP contribution in [-0.2, 0) is 18.6 Å². The van der Waals surface area contributed by atoms with Crippen LogP contribution in [0, 0.1) is 0 Å². The third-order valence-electron chi connectivity index (χ3n) is 0.612. The molecule has 0 saturated heterocycles. The van der Waals surface area contributed by atoms with Crippen molar-refractivity contribution in [1.29, 1.82) is 0 Å². The Morgan fingerprint density at radius 1 is 0.643 bits per heavy atom. The van der Waals surface area contributed by atoms with E-state index in [0.29, 0.717) is 0 Å². The molecule has 0 atom stereocenters. The molecule has 0 aliphatic rings. The van der Waals surface area contributed by atoms with E-state index in [-0.39, 0.29) is 43.9 Å². The normalized spacial score (nSPS) is 6.43. The molecule has 14 heavy (non-hydrogen) atoms. The van der Waals surface area contributed by atoms with Crippen LogP contribution < -0.4 is 15.3 Å². The van der Waals surface area contributed by atoms with E-state index in [9.17, 15) is 15.3 Å². The first kappa shape index (κ1) is 29.3. The van der Waals surface area contributed by atoms with Crippen LogP contribution in [-0.4, -0.2) is 25.3 Å². The molecule has 0 aromatic rings. The van der Waals surface area contributed by atoms with Gasteiger partial charge in [-0.25, -0.2) is 0 Å². The Morgan fingerprint density at radius 3 is 0.714 bits per heavy atom. The predicted octanol–water partition coefficient (Wildman–Crippen LogP) is -1.56. The minimum atomic E-state index is 0. The fourth-order valence-electron chi connectivity index (χ4n) is 0. The van der Waals surface area contributed by atoms with Crippen molar-refractivity contribution >= 4 is 0 Å². The van der Waals surface area contributed by atoms with E-state index in [1.165, 1.54) is 0 Å². The second-order valence-corrected chi connectivity index (χ2v) is 2.11. The molecule has 0 bridgehead atoms. The molecule has 0 fully saturated rings. The molecule has 4 nitrogen and oxygen atoms in total. The van der Waals surface area contributed by atoms with Gasteiger partial charge in [-0.05, 0) is 0 Å². The molecule has 0 rings (SSSR count). The first-order valence-electron chi connectivity index (χ1n) is 4.49. The van der Waals surface area contributed by atoms with E-state index in [0.717, 1.165) is 19.3 Å². The predicted molar refractivity (Wildman–Crippen MR) is 49.1 cm³/mol. The maximum atomic E-state index is 9.30. The van der Waals surface area contributed by atoms with Gasteiger partial charge in [-0.2, -0.15) is 0 Å². The molecule has 0 saturated carbocycles. The minimum absolute atomic E-state index is 0. The van der Waals surface area contributed by atoms with Crippen LogP contribution in [0.4, 0.5) is 0 Å². The monoisotopic (exact) mass is 246 g/mol. The third-order valence-corrected chi connectivity index (χ3v) is 0.612. The topological polar surface area (TPSA) is 101 Å². The molecule has 91 valence electrons. The maximum absolute atomic E-state index is 9.30. The van der Waals surface area contributed by atoms with Crippen LogP contribution in [0.25, 0.3) is 0 Å². The fourth-order valence-corrected chi connectivity index (χ4v) is 0. The van der Waals surface area contributed by atoms with Crippen molar-refractivity contribution in [3.05, 3.63) is 0 Å². The fraction of sp³-hybridized carbons (Fsp3) is 1.00. The van der Waals surface area contributed by atoms with Crippen molar-refractivity contribution < 1.29 is 39.4 Å². The molecule has 0 heterocycles. The van der Waals surface area contributed by atoms with Gasteiger partial charge in [0.2, 0.25) is 0 Å². The summed E-state index contributed by atoms with van der Waals surface area (Å²) >= 11 is 0. The van der Waals surface area contributed by atoms with Crippen LogP contribution in [0.1, 0.15) is 40.0 Å². The largest absolute Gasteiger partial charge is 0.854 e. The molecule has 1 radical (unpaired) electrons. The molecular weight excluding hydrogens is 223 g/mol. The number of hydrogen-bond acceptors (Lipinski definition) is 3. The second-order valence-electron chi connectivity index (χ2n) is 2.11. The van der Waals surface area contributed by atoms with E-state index in [1.807, 2.05) is 20.8 Å². The van der Waals surface area contributed by atoms with E-state index in [4.69, 9.17) is 0 Å². The molecule has 5 heteroatoms. The molecule has 0 amide bonds. The SMILES string of the molecule is CCC[O-].CCC[O-].CCC[O-].O.[V]. The average Bonchev–Trinajstić information content (AvgIpc) is 2.18. The Hall–Kier alpha value is 0.424. The summed E-state index contributed by atoms with van der Waals surface area (Å²) in [5.74, 6) is 0. The molecular formula is C9H23O4V-3. The molecule has 0 unspecified atom stereocenters. The summed E-state index contributed by atoms with van der Waals surface area (Å²) in [6, 6.07) is 0. The summed E-state index contributed by atoms with van der Waals surface area (Å²) in [5.41, 5.74) is 0. The zero-order chi connectivity index (χ0) is 10.2. The molecule has 0 aliphatic carbocycles. The summed E-state index contributed by atoms with van der Waals surface area (Å²) in [4.78, 5) is 0. The zero-order valence-corrected chi connectivity index (χ0v) is 10.8. The van der Waals surface area contributed by atoms with Crippen molar-refractivity contribution in [2.45, 2.75) is 40.0 Å². The quantitative estimate of drug-likeness (QED) is 0.602. The van der Waals surface area contributed by atoms with Gasteiger partial charge in [-0.15, -0.1) is 19.8 Å². The van der Waals surface area contributed by atoms with Crippen LogP contribution >= 0.6 is 0 Å². The van der Waals surface area contributed by atoms with Gasteiger partial charge in [0.15, 0.2) is 0 Å². The van der Waals surface area contributed by atoms with Crippen LogP contribution in [0.15, 0.2) is 0 Å². The van der Waals surface area contributed by atoms with Gasteiger partial charge in [-0.3, -0.25) is 0 Å². The summed E-state index contributed by atoms with van der Waals surface area (Å²) in [6.07, 6.45) is 2.29. The summed E-state index contributed by atoms with van der Waals surface area (Å²) < 4.78 is 0. The Kier molecular flexibility index (Phi) is 105. The van der Waals surface area contributed by atoms with Gasteiger partial charge in [-0.1, -0.05) is 40.0 Å². The smallest absolute Gasteiger partial charge is 0 e. The van der Waals surface area contributed by atoms with E-state index < -0.39 is 0 Å². The van der Waals surface area contributed by atoms with Crippen molar-refractivity contribution in [3.8, 4) is 0 Å². The Bertz CT molecular complexity index is 32.3.